The molecule has 0 saturated carbocycles. The van der Waals surface area contributed by atoms with Gasteiger partial charge in [-0.1, -0.05) is 6.07 Å². The first-order valence-electron chi connectivity index (χ1n) is 8.24. The third-order valence-corrected chi connectivity index (χ3v) is 3.34. The van der Waals surface area contributed by atoms with Gasteiger partial charge in [0.25, 0.3) is 0 Å². The van der Waals surface area contributed by atoms with Gasteiger partial charge in [-0.15, -0.1) is 0 Å². The van der Waals surface area contributed by atoms with Crippen LogP contribution in [0.25, 0.3) is 0 Å². The molecule has 0 saturated heterocycles. The molecule has 1 rings (SSSR count). The van der Waals surface area contributed by atoms with E-state index in [4.69, 9.17) is 9.47 Å². The fourth-order valence-electron chi connectivity index (χ4n) is 2.11. The number of halogens is 2. The molecule has 0 spiro atoms. The molecule has 0 aliphatic carbocycles. The van der Waals surface area contributed by atoms with Crippen LogP contribution >= 0.6 is 0 Å². The van der Waals surface area contributed by atoms with Crippen molar-refractivity contribution in [2.75, 3.05) is 33.9 Å². The SMILES string of the molecule is CCOCCCCNC(=NC)NCc1ccc(OC)c(OC(F)F)c1. The standard InChI is InChI=1S/C17H27F2N3O3/c1-4-24-10-6-5-9-21-17(20-2)22-12-13-7-8-14(23-3)15(11-13)25-16(18)19/h7-8,11,16H,4-6,9-10,12H2,1-3H3,(H2,20,21,22). The minimum Gasteiger partial charge on any atom is -0.493 e. The second-order valence-corrected chi connectivity index (χ2v) is 5.12. The number of hydrogen-bond donors (Lipinski definition) is 2. The van der Waals surface area contributed by atoms with Crippen molar-refractivity contribution in [3.63, 3.8) is 0 Å². The van der Waals surface area contributed by atoms with Gasteiger partial charge in [-0.25, -0.2) is 0 Å². The molecule has 0 radical (unpaired) electrons. The number of aliphatic imine (C=N–C) groups is 1. The summed E-state index contributed by atoms with van der Waals surface area (Å²) in [6.45, 7) is 1.75. The van der Waals surface area contributed by atoms with Crippen LogP contribution in [0.5, 0.6) is 11.5 Å². The summed E-state index contributed by atoms with van der Waals surface area (Å²) < 4.78 is 39.7. The normalized spacial score (nSPS) is 11.5. The second kappa shape index (κ2) is 12.3. The van der Waals surface area contributed by atoms with Crippen LogP contribution in [0.1, 0.15) is 25.3 Å². The quantitative estimate of drug-likeness (QED) is 0.361. The fraction of sp³-hybridized carbons (Fsp3) is 0.588. The van der Waals surface area contributed by atoms with Crippen molar-refractivity contribution < 1.29 is 23.0 Å². The molecule has 0 aliphatic rings. The third-order valence-electron chi connectivity index (χ3n) is 3.34. The Kier molecular flexibility index (Phi) is 10.3. The van der Waals surface area contributed by atoms with Crippen LogP contribution in [0, 0.1) is 0 Å². The zero-order valence-corrected chi connectivity index (χ0v) is 15.0. The van der Waals surface area contributed by atoms with Gasteiger partial charge in [-0.05, 0) is 37.5 Å². The van der Waals surface area contributed by atoms with Gasteiger partial charge < -0.3 is 24.8 Å². The van der Waals surface area contributed by atoms with E-state index in [1.165, 1.54) is 13.2 Å². The Hall–Kier alpha value is -2.09. The molecule has 0 atom stereocenters. The predicted molar refractivity (Wildman–Crippen MR) is 93.6 cm³/mol. The molecular weight excluding hydrogens is 332 g/mol. The number of hydrogen-bond acceptors (Lipinski definition) is 4. The van der Waals surface area contributed by atoms with Gasteiger partial charge in [-0.2, -0.15) is 8.78 Å². The average Bonchev–Trinajstić information content (AvgIpc) is 2.60. The Morgan fingerprint density at radius 1 is 1.20 bits per heavy atom. The molecule has 142 valence electrons. The molecule has 6 nitrogen and oxygen atoms in total. The maximum atomic E-state index is 12.5. The lowest BCUT2D eigenvalue weighted by atomic mass is 10.2. The summed E-state index contributed by atoms with van der Waals surface area (Å²) in [6, 6.07) is 4.89. The molecule has 8 heteroatoms. The summed E-state index contributed by atoms with van der Waals surface area (Å²) in [4.78, 5) is 4.13. The first kappa shape index (κ1) is 21.0. The molecule has 0 aliphatic heterocycles. The van der Waals surface area contributed by atoms with Gasteiger partial charge in [0.05, 0.1) is 7.11 Å². The second-order valence-electron chi connectivity index (χ2n) is 5.12. The highest BCUT2D eigenvalue weighted by Gasteiger charge is 2.11. The molecule has 0 bridgehead atoms. The lowest BCUT2D eigenvalue weighted by molar-refractivity contribution is -0.0512. The van der Waals surface area contributed by atoms with Crippen molar-refractivity contribution in [2.45, 2.75) is 32.9 Å². The minimum absolute atomic E-state index is 0.00988. The first-order chi connectivity index (χ1) is 12.1. The summed E-state index contributed by atoms with van der Waals surface area (Å²) >= 11 is 0. The van der Waals surface area contributed by atoms with E-state index in [1.54, 1.807) is 19.2 Å². The molecule has 0 fully saturated rings. The topological polar surface area (TPSA) is 64.1 Å². The number of unbranched alkanes of at least 4 members (excludes halogenated alkanes) is 1. The van der Waals surface area contributed by atoms with Crippen molar-refractivity contribution in [3.05, 3.63) is 23.8 Å². The van der Waals surface area contributed by atoms with Crippen molar-refractivity contribution in [2.24, 2.45) is 4.99 Å². The summed E-state index contributed by atoms with van der Waals surface area (Å²) in [6.07, 6.45) is 1.94. The highest BCUT2D eigenvalue weighted by molar-refractivity contribution is 5.79. The molecule has 0 aromatic heterocycles. The van der Waals surface area contributed by atoms with Crippen molar-refractivity contribution >= 4 is 5.96 Å². The van der Waals surface area contributed by atoms with E-state index < -0.39 is 6.61 Å². The van der Waals surface area contributed by atoms with Gasteiger partial charge in [0.15, 0.2) is 17.5 Å². The number of nitrogens with one attached hydrogen (secondary N) is 2. The molecule has 1 aromatic rings. The zero-order chi connectivity index (χ0) is 18.5. The van der Waals surface area contributed by atoms with Crippen LogP contribution < -0.4 is 20.1 Å². The fourth-order valence-corrected chi connectivity index (χ4v) is 2.11. The van der Waals surface area contributed by atoms with E-state index in [0.29, 0.717) is 12.5 Å². The van der Waals surface area contributed by atoms with E-state index in [-0.39, 0.29) is 11.5 Å². The van der Waals surface area contributed by atoms with Crippen LogP contribution in [0.15, 0.2) is 23.2 Å². The highest BCUT2D eigenvalue weighted by atomic mass is 19.3. The highest BCUT2D eigenvalue weighted by Crippen LogP contribution is 2.29. The third kappa shape index (κ3) is 8.53. The molecule has 25 heavy (non-hydrogen) atoms. The summed E-state index contributed by atoms with van der Waals surface area (Å²) in [5, 5.41) is 6.32. The number of methoxy groups -OCH3 is 1. The summed E-state index contributed by atoms with van der Waals surface area (Å²) in [5.74, 6) is 0.917. The lowest BCUT2D eigenvalue weighted by Gasteiger charge is -2.14. The van der Waals surface area contributed by atoms with E-state index in [2.05, 4.69) is 20.4 Å². The van der Waals surface area contributed by atoms with E-state index in [0.717, 1.165) is 38.2 Å². The van der Waals surface area contributed by atoms with E-state index >= 15 is 0 Å². The predicted octanol–water partition coefficient (Wildman–Crippen LogP) is 2.78. The maximum absolute atomic E-state index is 12.5. The van der Waals surface area contributed by atoms with Crippen molar-refractivity contribution in [3.8, 4) is 11.5 Å². The minimum atomic E-state index is -2.90. The Morgan fingerprint density at radius 2 is 2.00 bits per heavy atom. The van der Waals surface area contributed by atoms with Crippen LogP contribution in [0.4, 0.5) is 8.78 Å². The van der Waals surface area contributed by atoms with Gasteiger partial charge in [0.2, 0.25) is 0 Å². The maximum Gasteiger partial charge on any atom is 0.387 e. The number of rotatable bonds is 11. The number of ether oxygens (including phenoxy) is 3. The zero-order valence-electron chi connectivity index (χ0n) is 15.0. The average molecular weight is 359 g/mol. The van der Waals surface area contributed by atoms with Crippen LogP contribution in [-0.2, 0) is 11.3 Å². The Balaban J connectivity index is 2.46. The first-order valence-corrected chi connectivity index (χ1v) is 8.24. The van der Waals surface area contributed by atoms with Gasteiger partial charge in [0.1, 0.15) is 0 Å². The Morgan fingerprint density at radius 3 is 2.64 bits per heavy atom. The largest absolute Gasteiger partial charge is 0.493 e. The Bertz CT molecular complexity index is 528. The molecule has 2 N–H and O–H groups in total. The van der Waals surface area contributed by atoms with Gasteiger partial charge in [0, 0.05) is 33.4 Å². The summed E-state index contributed by atoms with van der Waals surface area (Å²) in [5.41, 5.74) is 0.774. The van der Waals surface area contributed by atoms with Gasteiger partial charge in [-0.3, -0.25) is 4.99 Å². The molecule has 0 unspecified atom stereocenters. The number of benzene rings is 1. The van der Waals surface area contributed by atoms with Crippen molar-refractivity contribution in [1.29, 1.82) is 0 Å². The van der Waals surface area contributed by atoms with Crippen LogP contribution in [0.2, 0.25) is 0 Å². The molecule has 0 amide bonds. The molecular formula is C17H27F2N3O3. The Labute approximate surface area is 147 Å². The van der Waals surface area contributed by atoms with E-state index in [9.17, 15) is 8.78 Å². The molecule has 0 heterocycles. The molecule has 1 aromatic carbocycles. The number of alkyl halides is 2. The summed E-state index contributed by atoms with van der Waals surface area (Å²) in [7, 11) is 3.08. The van der Waals surface area contributed by atoms with Crippen LogP contribution in [0.3, 0.4) is 0 Å². The van der Waals surface area contributed by atoms with Crippen molar-refractivity contribution in [1.82, 2.24) is 10.6 Å². The lowest BCUT2D eigenvalue weighted by Crippen LogP contribution is -2.37. The smallest absolute Gasteiger partial charge is 0.387 e. The number of guanidine groups is 1. The monoisotopic (exact) mass is 359 g/mol. The van der Waals surface area contributed by atoms with Crippen LogP contribution in [-0.4, -0.2) is 46.5 Å². The van der Waals surface area contributed by atoms with Gasteiger partial charge >= 0.3 is 6.61 Å². The van der Waals surface area contributed by atoms with E-state index in [1.807, 2.05) is 6.92 Å². The number of nitrogens with zero attached hydrogens (tertiary/aromatic N) is 1.